The third-order valence-electron chi connectivity index (χ3n) is 6.07. The number of ketones is 1. The first-order chi connectivity index (χ1) is 12.2. The van der Waals surface area contributed by atoms with Gasteiger partial charge in [0, 0.05) is 11.0 Å². The van der Waals surface area contributed by atoms with Crippen LogP contribution in [-0.2, 0) is 9.36 Å². The van der Waals surface area contributed by atoms with Gasteiger partial charge >= 0.3 is 5.97 Å². The number of hydrogen-bond acceptors (Lipinski definition) is 3. The molecule has 1 N–H and O–H groups in total. The number of carboxylic acid groups (broad SMARTS) is 1. The average molecular weight is 378 g/mol. The number of Topliss-reactive ketones (excluding diaryl/α,β-unsaturated/α-hetero) is 1. The minimum absolute atomic E-state index is 0.0494. The lowest BCUT2D eigenvalue weighted by atomic mass is 9.57. The molecule has 5 heteroatoms. The van der Waals surface area contributed by atoms with Gasteiger partial charge < -0.3 is 5.11 Å². The van der Waals surface area contributed by atoms with E-state index in [9.17, 15) is 14.7 Å². The van der Waals surface area contributed by atoms with Crippen molar-refractivity contribution in [3.63, 3.8) is 0 Å². The fourth-order valence-electron chi connectivity index (χ4n) is 4.84. The predicted octanol–water partition coefficient (Wildman–Crippen LogP) is 5.72. The summed E-state index contributed by atoms with van der Waals surface area (Å²) in [5, 5.41) is 10.0. The summed E-state index contributed by atoms with van der Waals surface area (Å²) in [5.41, 5.74) is 2.03. The summed E-state index contributed by atoms with van der Waals surface area (Å²) >= 11 is 0. The van der Waals surface area contributed by atoms with Gasteiger partial charge in [0.05, 0.1) is 5.41 Å². The summed E-state index contributed by atoms with van der Waals surface area (Å²) in [7, 11) is 1.72. The normalized spacial score (nSPS) is 17.7. The molecular weight excluding hydrogens is 347 g/mol. The molecule has 144 valence electrons. The van der Waals surface area contributed by atoms with Gasteiger partial charge in [-0.3, -0.25) is 14.2 Å². The molecule has 1 unspecified atom stereocenters. The summed E-state index contributed by atoms with van der Waals surface area (Å²) in [5.74, 6) is -0.782. The smallest absolute Gasteiger partial charge is 0.310 e. The molecule has 0 spiro atoms. The molecule has 0 amide bonds. The van der Waals surface area contributed by atoms with Crippen molar-refractivity contribution in [2.45, 2.75) is 73.1 Å². The first-order valence-electron chi connectivity index (χ1n) is 9.26. The number of rotatable bonds is 6. The van der Waals surface area contributed by atoms with Crippen LogP contribution < -0.4 is 0 Å². The lowest BCUT2D eigenvalue weighted by Crippen LogP contribution is -2.49. The third-order valence-corrected chi connectivity index (χ3v) is 6.07. The van der Waals surface area contributed by atoms with Crippen molar-refractivity contribution < 1.29 is 19.3 Å². The molecule has 1 aromatic carbocycles. The first-order valence-corrected chi connectivity index (χ1v) is 9.67. The van der Waals surface area contributed by atoms with E-state index in [-0.39, 0.29) is 5.78 Å². The van der Waals surface area contributed by atoms with Crippen molar-refractivity contribution >= 4 is 20.9 Å². The van der Waals surface area contributed by atoms with E-state index in [4.69, 9.17) is 4.57 Å². The Morgan fingerprint density at radius 3 is 1.96 bits per heavy atom. The van der Waals surface area contributed by atoms with E-state index in [1.807, 2.05) is 39.8 Å². The highest BCUT2D eigenvalue weighted by Crippen LogP contribution is 2.56. The Bertz CT molecular complexity index is 654. The van der Waals surface area contributed by atoms with E-state index in [0.717, 1.165) is 41.5 Å². The largest absolute Gasteiger partial charge is 0.481 e. The molecule has 26 heavy (non-hydrogen) atoms. The Balaban J connectivity index is 0.00000163. The highest BCUT2D eigenvalue weighted by atomic mass is 31.0. The lowest BCUT2D eigenvalue weighted by molar-refractivity contribution is -0.155. The zero-order valence-corrected chi connectivity index (χ0v) is 17.6. The van der Waals surface area contributed by atoms with Crippen molar-refractivity contribution in [3.8, 4) is 0 Å². The van der Waals surface area contributed by atoms with Gasteiger partial charge in [-0.2, -0.15) is 0 Å². The maximum atomic E-state index is 13.7. The van der Waals surface area contributed by atoms with Crippen LogP contribution in [0.5, 0.6) is 0 Å². The number of benzene rings is 1. The molecule has 4 nitrogen and oxygen atoms in total. The van der Waals surface area contributed by atoms with Crippen LogP contribution in [-0.4, -0.2) is 16.9 Å². The zero-order chi connectivity index (χ0) is 20.1. The summed E-state index contributed by atoms with van der Waals surface area (Å²) in [6.45, 7) is 9.75. The van der Waals surface area contributed by atoms with Gasteiger partial charge in [-0.05, 0) is 58.1 Å². The molecule has 0 aromatic heterocycles. The van der Waals surface area contributed by atoms with Crippen LogP contribution in [0.4, 0.5) is 0 Å². The molecule has 2 rings (SSSR count). The number of hydrogen-bond donors (Lipinski definition) is 1. The maximum Gasteiger partial charge on any atom is 0.310 e. The van der Waals surface area contributed by atoms with Crippen molar-refractivity contribution in [2.24, 2.45) is 10.8 Å². The summed E-state index contributed by atoms with van der Waals surface area (Å²) in [4.78, 5) is 25.9. The standard InChI is InChI=1S/C21H30O3.HOP/c1-6-9-20(5,19(23)24)21(10-7-8-11-21)18(22)17-15(3)12-14(2)13-16(17)4;1-2/h12-13H,6-11H2,1-5H3,(H,23,24);2H. The minimum Gasteiger partial charge on any atom is -0.481 e. The molecule has 0 saturated heterocycles. The van der Waals surface area contributed by atoms with Crippen molar-refractivity contribution in [1.82, 2.24) is 0 Å². The topological polar surface area (TPSA) is 71.4 Å². The highest BCUT2D eigenvalue weighted by molar-refractivity contribution is 7.00. The van der Waals surface area contributed by atoms with E-state index >= 15 is 0 Å². The second kappa shape index (κ2) is 8.90. The Hall–Kier alpha value is -1.54. The second-order valence-corrected chi connectivity index (χ2v) is 7.78. The quantitative estimate of drug-likeness (QED) is 0.507. The number of aryl methyl sites for hydroxylation is 3. The molecule has 1 aliphatic rings. The summed E-state index contributed by atoms with van der Waals surface area (Å²) < 4.78 is 8.06. The third kappa shape index (κ3) is 3.76. The van der Waals surface area contributed by atoms with Crippen LogP contribution in [0.2, 0.25) is 0 Å². The zero-order valence-electron chi connectivity index (χ0n) is 16.6. The van der Waals surface area contributed by atoms with Crippen LogP contribution in [0.15, 0.2) is 12.1 Å². The van der Waals surface area contributed by atoms with Crippen molar-refractivity contribution in [1.29, 1.82) is 0 Å². The molecule has 1 fully saturated rings. The van der Waals surface area contributed by atoms with E-state index < -0.39 is 16.8 Å². The highest BCUT2D eigenvalue weighted by Gasteiger charge is 2.58. The van der Waals surface area contributed by atoms with Gasteiger partial charge in [-0.1, -0.05) is 43.9 Å². The molecule has 0 radical (unpaired) electrons. The fourth-order valence-corrected chi connectivity index (χ4v) is 4.84. The molecule has 1 aromatic rings. The van der Waals surface area contributed by atoms with Crippen molar-refractivity contribution in [3.05, 3.63) is 34.4 Å². The van der Waals surface area contributed by atoms with Crippen LogP contribution in [0, 0.1) is 31.6 Å². The van der Waals surface area contributed by atoms with Crippen LogP contribution in [0.3, 0.4) is 0 Å². The monoisotopic (exact) mass is 378 g/mol. The fraction of sp³-hybridized carbons (Fsp3) is 0.619. The SMILES string of the molecule is CCCC(C)(C(=O)O)C1(C(=O)c2c(C)cc(C)cc2C)CCCC1.O=P. The molecule has 1 atom stereocenters. The van der Waals surface area contributed by atoms with Gasteiger partial charge in [0.15, 0.2) is 5.78 Å². The number of carboxylic acids is 1. The summed E-state index contributed by atoms with van der Waals surface area (Å²) in [6.07, 6.45) is 4.54. The molecular formula is C21H31O4P. The van der Waals surface area contributed by atoms with E-state index in [0.29, 0.717) is 19.3 Å². The maximum absolute atomic E-state index is 13.7. The van der Waals surface area contributed by atoms with Crippen molar-refractivity contribution in [2.75, 3.05) is 0 Å². The molecule has 0 aliphatic heterocycles. The minimum atomic E-state index is -1.00. The van der Waals surface area contributed by atoms with Gasteiger partial charge in [-0.15, -0.1) is 0 Å². The Morgan fingerprint density at radius 1 is 1.12 bits per heavy atom. The second-order valence-electron chi connectivity index (χ2n) is 7.78. The van der Waals surface area contributed by atoms with E-state index in [2.05, 4.69) is 0 Å². The Kier molecular flexibility index (Phi) is 7.70. The average Bonchev–Trinajstić information content (AvgIpc) is 3.07. The lowest BCUT2D eigenvalue weighted by Gasteiger charge is -2.43. The van der Waals surface area contributed by atoms with Gasteiger partial charge in [-0.25, -0.2) is 0 Å². The number of carbonyl (C=O) groups excluding carboxylic acids is 1. The van der Waals surface area contributed by atoms with Crippen LogP contribution in [0.1, 0.15) is 79.4 Å². The Morgan fingerprint density at radius 2 is 1.58 bits per heavy atom. The molecule has 1 aliphatic carbocycles. The number of carbonyl (C=O) groups is 2. The van der Waals surface area contributed by atoms with Gasteiger partial charge in [0.1, 0.15) is 9.12 Å². The predicted molar refractivity (Wildman–Crippen MR) is 106 cm³/mol. The first kappa shape index (κ1) is 22.5. The van der Waals surface area contributed by atoms with E-state index in [1.165, 1.54) is 0 Å². The van der Waals surface area contributed by atoms with Crippen LogP contribution in [0.25, 0.3) is 0 Å². The van der Waals surface area contributed by atoms with Crippen LogP contribution >= 0.6 is 9.12 Å². The summed E-state index contributed by atoms with van der Waals surface area (Å²) in [6, 6.07) is 4.06. The number of aliphatic carboxylic acids is 1. The molecule has 0 bridgehead atoms. The van der Waals surface area contributed by atoms with E-state index in [1.54, 1.807) is 16.0 Å². The van der Waals surface area contributed by atoms with Gasteiger partial charge in [0.25, 0.3) is 0 Å². The molecule has 0 heterocycles. The molecule has 1 saturated carbocycles. The van der Waals surface area contributed by atoms with Gasteiger partial charge in [0.2, 0.25) is 0 Å². The Labute approximate surface area is 159 Å².